The normalized spacial score (nSPS) is 22.2. The van der Waals surface area contributed by atoms with Crippen LogP contribution in [0.15, 0.2) is 0 Å². The molecule has 1 rings (SSSR count). The molecule has 0 radical (unpaired) electrons. The molecule has 1 atom stereocenters. The summed E-state index contributed by atoms with van der Waals surface area (Å²) in [5.74, 6) is 2.14. The van der Waals surface area contributed by atoms with Crippen molar-refractivity contribution in [1.82, 2.24) is 5.32 Å². The molecule has 0 bridgehead atoms. The zero-order valence-corrected chi connectivity index (χ0v) is 8.78. The number of rotatable bonds is 6. The Labute approximate surface area is 79.1 Å². The van der Waals surface area contributed by atoms with E-state index in [0.717, 1.165) is 11.5 Å². The molecule has 0 aromatic carbocycles. The number of aliphatic hydroxyl groups is 1. The van der Waals surface area contributed by atoms with Gasteiger partial charge in [-0.2, -0.15) is 11.8 Å². The second kappa shape index (κ2) is 4.49. The minimum atomic E-state index is -0.0537. The number of aliphatic hydroxyl groups excluding tert-OH is 1. The van der Waals surface area contributed by atoms with Gasteiger partial charge in [0, 0.05) is 17.3 Å². The van der Waals surface area contributed by atoms with E-state index in [4.69, 9.17) is 0 Å². The van der Waals surface area contributed by atoms with Crippen molar-refractivity contribution in [3.05, 3.63) is 0 Å². The van der Waals surface area contributed by atoms with E-state index in [9.17, 15) is 5.11 Å². The van der Waals surface area contributed by atoms with Gasteiger partial charge in [0.1, 0.15) is 0 Å². The van der Waals surface area contributed by atoms with Gasteiger partial charge in [-0.25, -0.2) is 0 Å². The van der Waals surface area contributed by atoms with Crippen LogP contribution in [0.4, 0.5) is 0 Å². The second-order valence-corrected chi connectivity index (χ2v) is 5.05. The highest BCUT2D eigenvalue weighted by molar-refractivity contribution is 7.99. The molecule has 0 heterocycles. The Morgan fingerprint density at radius 2 is 2.25 bits per heavy atom. The van der Waals surface area contributed by atoms with E-state index < -0.39 is 0 Å². The van der Waals surface area contributed by atoms with E-state index in [1.807, 2.05) is 11.8 Å². The van der Waals surface area contributed by atoms with Crippen LogP contribution in [0, 0.1) is 0 Å². The maximum Gasteiger partial charge on any atom is 0.0618 e. The van der Waals surface area contributed by atoms with Crippen LogP contribution in [-0.4, -0.2) is 34.8 Å². The van der Waals surface area contributed by atoms with Gasteiger partial charge in [-0.15, -0.1) is 0 Å². The fourth-order valence-electron chi connectivity index (χ4n) is 1.18. The van der Waals surface area contributed by atoms with Gasteiger partial charge < -0.3 is 10.4 Å². The molecule has 72 valence electrons. The number of nitrogens with one attached hydrogen (secondary N) is 1. The Hall–Kier alpha value is 0.270. The Bertz CT molecular complexity index is 138. The molecule has 1 fully saturated rings. The quantitative estimate of drug-likeness (QED) is 0.659. The highest BCUT2D eigenvalue weighted by Gasteiger charge is 2.31. The first kappa shape index (κ1) is 10.4. The third-order valence-electron chi connectivity index (χ3n) is 2.10. The van der Waals surface area contributed by atoms with Crippen LogP contribution < -0.4 is 5.32 Å². The monoisotopic (exact) mass is 189 g/mol. The van der Waals surface area contributed by atoms with Crippen molar-refractivity contribution >= 4 is 11.8 Å². The molecule has 0 aliphatic heterocycles. The van der Waals surface area contributed by atoms with Crippen LogP contribution in [-0.2, 0) is 0 Å². The Kier molecular flexibility index (Phi) is 3.87. The fourth-order valence-corrected chi connectivity index (χ4v) is 2.01. The van der Waals surface area contributed by atoms with Crippen LogP contribution in [0.1, 0.15) is 26.7 Å². The van der Waals surface area contributed by atoms with E-state index in [0.29, 0.717) is 6.04 Å². The lowest BCUT2D eigenvalue weighted by Crippen LogP contribution is -2.49. The predicted octanol–water partition coefficient (Wildman–Crippen LogP) is 1.24. The maximum atomic E-state index is 9.21. The van der Waals surface area contributed by atoms with Crippen LogP contribution in [0.2, 0.25) is 0 Å². The first-order chi connectivity index (χ1) is 5.70. The molecule has 12 heavy (non-hydrogen) atoms. The Balaban J connectivity index is 2.25. The first-order valence-electron chi connectivity index (χ1n) is 4.66. The van der Waals surface area contributed by atoms with Crippen molar-refractivity contribution < 1.29 is 5.11 Å². The van der Waals surface area contributed by atoms with Crippen molar-refractivity contribution in [2.75, 3.05) is 18.1 Å². The van der Waals surface area contributed by atoms with Crippen molar-refractivity contribution in [3.63, 3.8) is 0 Å². The Morgan fingerprint density at radius 1 is 1.58 bits per heavy atom. The largest absolute Gasteiger partial charge is 0.394 e. The third-order valence-corrected chi connectivity index (χ3v) is 3.35. The number of thioether (sulfide) groups is 1. The molecule has 1 aliphatic rings. The maximum absolute atomic E-state index is 9.21. The molecular formula is C9H19NOS. The molecule has 1 aliphatic carbocycles. The predicted molar refractivity (Wildman–Crippen MR) is 54.6 cm³/mol. The molecule has 3 heteroatoms. The summed E-state index contributed by atoms with van der Waals surface area (Å²) in [5, 5.41) is 12.7. The minimum Gasteiger partial charge on any atom is -0.394 e. The lowest BCUT2D eigenvalue weighted by molar-refractivity contribution is 0.190. The summed E-state index contributed by atoms with van der Waals surface area (Å²) < 4.78 is 0. The van der Waals surface area contributed by atoms with Gasteiger partial charge in [-0.3, -0.25) is 0 Å². The Morgan fingerprint density at radius 3 is 2.67 bits per heavy atom. The zero-order valence-electron chi connectivity index (χ0n) is 7.97. The minimum absolute atomic E-state index is 0.0537. The zero-order chi connectivity index (χ0) is 9.03. The highest BCUT2D eigenvalue weighted by atomic mass is 32.2. The molecule has 1 saturated carbocycles. The summed E-state index contributed by atoms with van der Waals surface area (Å²) in [6.07, 6.45) is 2.57. The first-order valence-corrected chi connectivity index (χ1v) is 5.82. The van der Waals surface area contributed by atoms with Crippen molar-refractivity contribution in [3.8, 4) is 0 Å². The summed E-state index contributed by atoms with van der Waals surface area (Å²) in [6.45, 7) is 4.50. The van der Waals surface area contributed by atoms with E-state index in [2.05, 4.69) is 19.2 Å². The van der Waals surface area contributed by atoms with Gasteiger partial charge in [0.15, 0.2) is 0 Å². The van der Waals surface area contributed by atoms with Gasteiger partial charge in [0.25, 0.3) is 0 Å². The second-order valence-electron chi connectivity index (χ2n) is 3.77. The standard InChI is InChI=1S/C9H19NOS/c1-3-12-7-9(2,6-11)10-8-4-5-8/h8,10-11H,3-7H2,1-2H3. The highest BCUT2D eigenvalue weighted by Crippen LogP contribution is 2.24. The van der Waals surface area contributed by atoms with Gasteiger partial charge in [0.05, 0.1) is 6.61 Å². The van der Waals surface area contributed by atoms with Gasteiger partial charge >= 0.3 is 0 Å². The molecule has 0 spiro atoms. The molecule has 2 nitrogen and oxygen atoms in total. The van der Waals surface area contributed by atoms with Gasteiger partial charge in [0.2, 0.25) is 0 Å². The number of hydrogen-bond acceptors (Lipinski definition) is 3. The van der Waals surface area contributed by atoms with Crippen LogP contribution in [0.25, 0.3) is 0 Å². The molecule has 1 unspecified atom stereocenters. The van der Waals surface area contributed by atoms with E-state index in [-0.39, 0.29) is 12.1 Å². The van der Waals surface area contributed by atoms with E-state index >= 15 is 0 Å². The molecular weight excluding hydrogens is 170 g/mol. The smallest absolute Gasteiger partial charge is 0.0618 e. The van der Waals surface area contributed by atoms with E-state index in [1.54, 1.807) is 0 Å². The molecule has 0 aromatic rings. The fraction of sp³-hybridized carbons (Fsp3) is 1.00. The van der Waals surface area contributed by atoms with Gasteiger partial charge in [-0.1, -0.05) is 6.92 Å². The average molecular weight is 189 g/mol. The van der Waals surface area contributed by atoms with Crippen LogP contribution in [0.3, 0.4) is 0 Å². The average Bonchev–Trinajstić information content (AvgIpc) is 2.85. The molecule has 0 saturated heterocycles. The van der Waals surface area contributed by atoms with Crippen molar-refractivity contribution in [1.29, 1.82) is 0 Å². The summed E-state index contributed by atoms with van der Waals surface area (Å²) in [5.41, 5.74) is -0.0537. The summed E-state index contributed by atoms with van der Waals surface area (Å²) in [6, 6.07) is 0.680. The van der Waals surface area contributed by atoms with Crippen LogP contribution in [0.5, 0.6) is 0 Å². The molecule has 0 amide bonds. The summed E-state index contributed by atoms with van der Waals surface area (Å²) in [7, 11) is 0. The molecule has 0 aromatic heterocycles. The topological polar surface area (TPSA) is 32.3 Å². The number of hydrogen-bond donors (Lipinski definition) is 2. The summed E-state index contributed by atoms with van der Waals surface area (Å²) >= 11 is 1.89. The third kappa shape index (κ3) is 3.33. The SMILES string of the molecule is CCSCC(C)(CO)NC1CC1. The van der Waals surface area contributed by atoms with Crippen molar-refractivity contribution in [2.24, 2.45) is 0 Å². The van der Waals surface area contributed by atoms with Crippen molar-refractivity contribution in [2.45, 2.75) is 38.3 Å². The van der Waals surface area contributed by atoms with Crippen LogP contribution >= 0.6 is 11.8 Å². The van der Waals surface area contributed by atoms with E-state index in [1.165, 1.54) is 12.8 Å². The summed E-state index contributed by atoms with van der Waals surface area (Å²) in [4.78, 5) is 0. The lowest BCUT2D eigenvalue weighted by Gasteiger charge is -2.28. The lowest BCUT2D eigenvalue weighted by atomic mass is 10.1. The molecule has 2 N–H and O–H groups in total. The van der Waals surface area contributed by atoms with Gasteiger partial charge in [-0.05, 0) is 25.5 Å².